The van der Waals surface area contributed by atoms with Crippen LogP contribution in [0.1, 0.15) is 5.56 Å². The van der Waals surface area contributed by atoms with E-state index in [0.717, 1.165) is 0 Å². The van der Waals surface area contributed by atoms with Gasteiger partial charge in [-0.15, -0.1) is 0 Å². The summed E-state index contributed by atoms with van der Waals surface area (Å²) in [5, 5.41) is 0. The highest BCUT2D eigenvalue weighted by Crippen LogP contribution is 2.31. The Kier molecular flexibility index (Phi) is 3.79. The van der Waals surface area contributed by atoms with Crippen LogP contribution in [0, 0.1) is 11.6 Å². The Labute approximate surface area is 87.9 Å². The lowest BCUT2D eigenvalue weighted by atomic mass is 10.2. The fourth-order valence-corrected chi connectivity index (χ4v) is 1.62. The number of halogens is 3. The Morgan fingerprint density at radius 3 is 2.57 bits per heavy atom. The summed E-state index contributed by atoms with van der Waals surface area (Å²) in [6.45, 7) is -0.203. The highest BCUT2D eigenvalue weighted by atomic mass is 79.9. The van der Waals surface area contributed by atoms with Crippen LogP contribution < -0.4 is 10.6 Å². The van der Waals surface area contributed by atoms with Gasteiger partial charge in [0, 0.05) is 5.56 Å². The molecule has 0 fully saturated rings. The lowest BCUT2D eigenvalue weighted by Gasteiger charge is -2.08. The van der Waals surface area contributed by atoms with E-state index in [1.807, 2.05) is 0 Å². The van der Waals surface area contributed by atoms with Crippen LogP contribution in [0.4, 0.5) is 8.78 Å². The van der Waals surface area contributed by atoms with Crippen LogP contribution in [0.3, 0.4) is 0 Å². The van der Waals surface area contributed by atoms with Gasteiger partial charge in [0.2, 0.25) is 5.82 Å². The van der Waals surface area contributed by atoms with E-state index in [-0.39, 0.29) is 17.9 Å². The zero-order valence-corrected chi connectivity index (χ0v) is 8.90. The van der Waals surface area contributed by atoms with E-state index in [1.54, 1.807) is 0 Å². The molecule has 0 aromatic heterocycles. The number of benzene rings is 1. The van der Waals surface area contributed by atoms with Crippen molar-refractivity contribution in [3.63, 3.8) is 0 Å². The summed E-state index contributed by atoms with van der Waals surface area (Å²) in [5.41, 5.74) is 0.0256. The summed E-state index contributed by atoms with van der Waals surface area (Å²) in [6.07, 6.45) is 0. The van der Waals surface area contributed by atoms with Gasteiger partial charge < -0.3 is 4.74 Å². The van der Waals surface area contributed by atoms with Gasteiger partial charge in [-0.1, -0.05) is 0 Å². The average Bonchev–Trinajstić information content (AvgIpc) is 2.15. The molecule has 0 heterocycles. The minimum Gasteiger partial charge on any atom is -0.492 e. The van der Waals surface area contributed by atoms with Crippen LogP contribution in [-0.2, 0) is 11.4 Å². The molecule has 0 aliphatic heterocycles. The van der Waals surface area contributed by atoms with E-state index in [4.69, 9.17) is 5.90 Å². The molecular weight excluding hydrogens is 260 g/mol. The second kappa shape index (κ2) is 4.68. The minimum absolute atomic E-state index is 0.0256. The van der Waals surface area contributed by atoms with Gasteiger partial charge in [0.1, 0.15) is 0 Å². The normalized spacial score (nSPS) is 10.4. The molecule has 1 aromatic rings. The molecule has 14 heavy (non-hydrogen) atoms. The number of ether oxygens (including phenoxy) is 1. The summed E-state index contributed by atoms with van der Waals surface area (Å²) < 4.78 is 31.4. The molecule has 0 radical (unpaired) electrons. The van der Waals surface area contributed by atoms with Crippen molar-refractivity contribution in [1.29, 1.82) is 0 Å². The smallest absolute Gasteiger partial charge is 0.202 e. The molecular formula is C8H8BrF2NO2. The van der Waals surface area contributed by atoms with Gasteiger partial charge in [-0.2, -0.15) is 4.39 Å². The maximum atomic E-state index is 13.2. The van der Waals surface area contributed by atoms with E-state index in [2.05, 4.69) is 25.5 Å². The van der Waals surface area contributed by atoms with Crippen molar-refractivity contribution in [3.05, 3.63) is 27.7 Å². The molecule has 0 saturated carbocycles. The molecule has 6 heteroatoms. The highest BCUT2D eigenvalue weighted by Gasteiger charge is 2.17. The highest BCUT2D eigenvalue weighted by molar-refractivity contribution is 9.10. The Hall–Kier alpha value is -0.720. The molecule has 2 N–H and O–H groups in total. The molecule has 0 aliphatic rings. The quantitative estimate of drug-likeness (QED) is 0.674. The monoisotopic (exact) mass is 267 g/mol. The maximum Gasteiger partial charge on any atom is 0.202 e. The molecule has 0 atom stereocenters. The van der Waals surface area contributed by atoms with Crippen molar-refractivity contribution in [1.82, 2.24) is 0 Å². The number of hydrogen-bond donors (Lipinski definition) is 1. The Morgan fingerprint density at radius 1 is 1.43 bits per heavy atom. The van der Waals surface area contributed by atoms with E-state index in [0.29, 0.717) is 4.47 Å². The fourth-order valence-electron chi connectivity index (χ4n) is 1.01. The number of nitrogens with two attached hydrogens (primary N) is 1. The third-order valence-electron chi connectivity index (χ3n) is 1.63. The van der Waals surface area contributed by atoms with Gasteiger partial charge >= 0.3 is 0 Å². The molecule has 1 rings (SSSR count). The predicted molar refractivity (Wildman–Crippen MR) is 49.6 cm³/mol. The fraction of sp³-hybridized carbons (Fsp3) is 0.250. The van der Waals surface area contributed by atoms with E-state index >= 15 is 0 Å². The van der Waals surface area contributed by atoms with E-state index in [1.165, 1.54) is 13.2 Å². The zero-order valence-electron chi connectivity index (χ0n) is 7.31. The van der Waals surface area contributed by atoms with Gasteiger partial charge in [0.25, 0.3) is 0 Å². The number of methoxy groups -OCH3 is 1. The van der Waals surface area contributed by atoms with Gasteiger partial charge in [-0.25, -0.2) is 10.3 Å². The van der Waals surface area contributed by atoms with Crippen LogP contribution in [0.2, 0.25) is 0 Å². The molecule has 0 unspecified atom stereocenters. The third-order valence-corrected chi connectivity index (χ3v) is 2.22. The summed E-state index contributed by atoms with van der Waals surface area (Å²) in [5.74, 6) is 2.51. The van der Waals surface area contributed by atoms with Gasteiger partial charge in [-0.3, -0.25) is 4.84 Å². The average molecular weight is 268 g/mol. The standard InChI is InChI=1S/C8H8BrF2NO2/c1-13-8-5(9)2-4(3-14-12)6(10)7(8)11/h2H,3,12H2,1H3. The van der Waals surface area contributed by atoms with Crippen LogP contribution >= 0.6 is 15.9 Å². The van der Waals surface area contributed by atoms with Crippen molar-refractivity contribution < 1.29 is 18.4 Å². The molecule has 3 nitrogen and oxygen atoms in total. The predicted octanol–water partition coefficient (Wildman–Crippen LogP) is 2.13. The van der Waals surface area contributed by atoms with Crippen molar-refractivity contribution in [2.45, 2.75) is 6.61 Å². The lowest BCUT2D eigenvalue weighted by molar-refractivity contribution is 0.120. The largest absolute Gasteiger partial charge is 0.492 e. The topological polar surface area (TPSA) is 44.5 Å². The van der Waals surface area contributed by atoms with Crippen LogP contribution in [-0.4, -0.2) is 7.11 Å². The van der Waals surface area contributed by atoms with Gasteiger partial charge in [0.15, 0.2) is 11.6 Å². The number of rotatable bonds is 3. The maximum absolute atomic E-state index is 13.2. The third kappa shape index (κ3) is 2.02. The first kappa shape index (κ1) is 11.4. The molecule has 0 aliphatic carbocycles. The zero-order chi connectivity index (χ0) is 10.7. The SMILES string of the molecule is COc1c(Br)cc(CON)c(F)c1F. The van der Waals surface area contributed by atoms with Crippen molar-refractivity contribution in [3.8, 4) is 5.75 Å². The number of hydrogen-bond acceptors (Lipinski definition) is 3. The summed E-state index contributed by atoms with van der Waals surface area (Å²) in [6, 6.07) is 1.35. The van der Waals surface area contributed by atoms with E-state index < -0.39 is 11.6 Å². The molecule has 0 bridgehead atoms. The minimum atomic E-state index is -1.06. The van der Waals surface area contributed by atoms with Crippen LogP contribution in [0.15, 0.2) is 10.5 Å². The first-order valence-electron chi connectivity index (χ1n) is 3.63. The first-order valence-corrected chi connectivity index (χ1v) is 4.43. The molecule has 78 valence electrons. The van der Waals surface area contributed by atoms with E-state index in [9.17, 15) is 8.78 Å². The second-order valence-electron chi connectivity index (χ2n) is 2.49. The van der Waals surface area contributed by atoms with Crippen LogP contribution in [0.5, 0.6) is 5.75 Å². The van der Waals surface area contributed by atoms with Crippen molar-refractivity contribution in [2.75, 3.05) is 7.11 Å². The Bertz CT molecular complexity index is 347. The Morgan fingerprint density at radius 2 is 2.07 bits per heavy atom. The summed E-state index contributed by atoms with van der Waals surface area (Å²) >= 11 is 3.03. The summed E-state index contributed by atoms with van der Waals surface area (Å²) in [4.78, 5) is 4.22. The Balaban J connectivity index is 3.25. The molecule has 0 spiro atoms. The first-order chi connectivity index (χ1) is 6.61. The summed E-state index contributed by atoms with van der Waals surface area (Å²) in [7, 11) is 1.25. The molecule has 1 aromatic carbocycles. The molecule has 0 saturated heterocycles. The van der Waals surface area contributed by atoms with Crippen molar-refractivity contribution >= 4 is 15.9 Å². The van der Waals surface area contributed by atoms with Gasteiger partial charge in [-0.05, 0) is 22.0 Å². The van der Waals surface area contributed by atoms with Crippen LogP contribution in [0.25, 0.3) is 0 Å². The molecule has 0 amide bonds. The van der Waals surface area contributed by atoms with Crippen molar-refractivity contribution in [2.24, 2.45) is 5.90 Å². The van der Waals surface area contributed by atoms with Gasteiger partial charge in [0.05, 0.1) is 18.2 Å². The lowest BCUT2D eigenvalue weighted by Crippen LogP contribution is -2.04. The second-order valence-corrected chi connectivity index (χ2v) is 3.34.